The van der Waals surface area contributed by atoms with Gasteiger partial charge in [-0.3, -0.25) is 4.79 Å². The lowest BCUT2D eigenvalue weighted by Gasteiger charge is -2.26. The van der Waals surface area contributed by atoms with Gasteiger partial charge in [-0.1, -0.05) is 0 Å². The average molecular weight is 302 g/mol. The Hall–Kier alpha value is -2.64. The number of pyridine rings is 1. The summed E-state index contributed by atoms with van der Waals surface area (Å²) < 4.78 is 1.83. The zero-order valence-electron chi connectivity index (χ0n) is 12.5. The van der Waals surface area contributed by atoms with Gasteiger partial charge in [0.25, 0.3) is 0 Å². The molecule has 3 heterocycles. The second-order valence-corrected chi connectivity index (χ2v) is 5.52. The van der Waals surface area contributed by atoms with E-state index >= 15 is 0 Å². The monoisotopic (exact) mass is 302 g/mol. The van der Waals surface area contributed by atoms with Gasteiger partial charge in [0, 0.05) is 24.5 Å². The second-order valence-electron chi connectivity index (χ2n) is 5.52. The van der Waals surface area contributed by atoms with Gasteiger partial charge < -0.3 is 15.5 Å². The van der Waals surface area contributed by atoms with Crippen LogP contribution in [0.2, 0.25) is 0 Å². The van der Waals surface area contributed by atoms with Gasteiger partial charge in [-0.25, -0.2) is 14.5 Å². The predicted molar refractivity (Wildman–Crippen MR) is 81.5 cm³/mol. The Bertz CT molecular complexity index is 723. The molecule has 2 N–H and O–H groups in total. The van der Waals surface area contributed by atoms with Crippen molar-refractivity contribution in [1.82, 2.24) is 25.0 Å². The van der Waals surface area contributed by atoms with Crippen molar-refractivity contribution < 1.29 is 9.59 Å². The molecule has 2 aromatic heterocycles. The van der Waals surface area contributed by atoms with Crippen molar-refractivity contribution in [3.05, 3.63) is 18.5 Å². The van der Waals surface area contributed by atoms with E-state index in [-0.39, 0.29) is 24.5 Å². The van der Waals surface area contributed by atoms with E-state index in [0.29, 0.717) is 18.8 Å². The van der Waals surface area contributed by atoms with Gasteiger partial charge in [0.05, 0.1) is 18.1 Å². The fourth-order valence-electron chi connectivity index (χ4n) is 2.40. The number of nitrogens with one attached hydrogen (secondary N) is 2. The van der Waals surface area contributed by atoms with Gasteiger partial charge in [0.1, 0.15) is 6.54 Å². The minimum atomic E-state index is -0.299. The van der Waals surface area contributed by atoms with Crippen LogP contribution in [0.1, 0.15) is 19.9 Å². The van der Waals surface area contributed by atoms with Crippen molar-refractivity contribution >= 4 is 28.7 Å². The van der Waals surface area contributed by atoms with Crippen molar-refractivity contribution in [1.29, 1.82) is 0 Å². The van der Waals surface area contributed by atoms with Gasteiger partial charge in [-0.15, -0.1) is 0 Å². The average Bonchev–Trinajstić information content (AvgIpc) is 2.90. The Balaban J connectivity index is 1.76. The first-order chi connectivity index (χ1) is 10.5. The Morgan fingerprint density at radius 3 is 2.95 bits per heavy atom. The SMILES string of the molecule is CC(C)n1ncc2cc(NC(=O)N3CCNC(=O)C3)cnc21. The number of anilines is 1. The summed E-state index contributed by atoms with van der Waals surface area (Å²) in [7, 11) is 0. The van der Waals surface area contributed by atoms with Crippen LogP contribution in [-0.2, 0) is 4.79 Å². The Kier molecular flexibility index (Phi) is 3.66. The van der Waals surface area contributed by atoms with E-state index < -0.39 is 0 Å². The molecule has 116 valence electrons. The first kappa shape index (κ1) is 14.3. The molecule has 8 nitrogen and oxygen atoms in total. The van der Waals surface area contributed by atoms with Crippen LogP contribution >= 0.6 is 0 Å². The molecule has 0 spiro atoms. The van der Waals surface area contributed by atoms with Crippen molar-refractivity contribution in [2.75, 3.05) is 25.0 Å². The predicted octanol–water partition coefficient (Wildman–Crippen LogP) is 0.976. The van der Waals surface area contributed by atoms with E-state index in [0.717, 1.165) is 11.0 Å². The van der Waals surface area contributed by atoms with E-state index in [1.54, 1.807) is 12.4 Å². The molecule has 1 saturated heterocycles. The third-order valence-electron chi connectivity index (χ3n) is 3.50. The molecular weight excluding hydrogens is 284 g/mol. The van der Waals surface area contributed by atoms with Crippen LogP contribution < -0.4 is 10.6 Å². The van der Waals surface area contributed by atoms with Crippen molar-refractivity contribution in [2.45, 2.75) is 19.9 Å². The molecule has 3 amide bonds. The highest BCUT2D eigenvalue weighted by Gasteiger charge is 2.21. The van der Waals surface area contributed by atoms with Crippen molar-refractivity contribution in [3.63, 3.8) is 0 Å². The molecule has 2 aromatic rings. The maximum Gasteiger partial charge on any atom is 0.322 e. The number of amides is 3. The summed E-state index contributed by atoms with van der Waals surface area (Å²) in [6.45, 7) is 5.12. The lowest BCUT2D eigenvalue weighted by Crippen LogP contribution is -2.51. The lowest BCUT2D eigenvalue weighted by atomic mass is 10.3. The van der Waals surface area contributed by atoms with Crippen LogP contribution in [-0.4, -0.2) is 51.2 Å². The highest BCUT2D eigenvalue weighted by atomic mass is 16.2. The van der Waals surface area contributed by atoms with E-state index in [1.165, 1.54) is 4.90 Å². The standard InChI is InChI=1S/C14H18N6O2/c1-9(2)20-13-10(6-17-20)5-11(7-16-13)18-14(22)19-4-3-15-12(21)8-19/h5-7,9H,3-4,8H2,1-2H3,(H,15,21)(H,18,22). The van der Waals surface area contributed by atoms with E-state index in [9.17, 15) is 9.59 Å². The molecule has 1 aliphatic heterocycles. The number of carbonyl (C=O) groups excluding carboxylic acids is 2. The van der Waals surface area contributed by atoms with Gasteiger partial charge in [0.2, 0.25) is 5.91 Å². The smallest absolute Gasteiger partial charge is 0.322 e. The van der Waals surface area contributed by atoms with Gasteiger partial charge in [-0.05, 0) is 19.9 Å². The third kappa shape index (κ3) is 2.72. The largest absolute Gasteiger partial charge is 0.353 e. The molecule has 0 aliphatic carbocycles. The topological polar surface area (TPSA) is 92.2 Å². The summed E-state index contributed by atoms with van der Waals surface area (Å²) >= 11 is 0. The molecule has 0 saturated carbocycles. The molecule has 0 aromatic carbocycles. The van der Waals surface area contributed by atoms with Gasteiger partial charge in [0.15, 0.2) is 5.65 Å². The van der Waals surface area contributed by atoms with E-state index in [2.05, 4.69) is 20.7 Å². The fraction of sp³-hybridized carbons (Fsp3) is 0.429. The van der Waals surface area contributed by atoms with Crippen LogP contribution in [0, 0.1) is 0 Å². The van der Waals surface area contributed by atoms with Crippen LogP contribution in [0.5, 0.6) is 0 Å². The highest BCUT2D eigenvalue weighted by molar-refractivity contribution is 5.94. The molecule has 0 bridgehead atoms. The molecule has 1 fully saturated rings. The quantitative estimate of drug-likeness (QED) is 0.865. The van der Waals surface area contributed by atoms with Gasteiger partial charge in [-0.2, -0.15) is 5.10 Å². The van der Waals surface area contributed by atoms with Crippen molar-refractivity contribution in [2.24, 2.45) is 0 Å². The van der Waals surface area contributed by atoms with Gasteiger partial charge >= 0.3 is 6.03 Å². The maximum atomic E-state index is 12.1. The minimum absolute atomic E-state index is 0.0762. The summed E-state index contributed by atoms with van der Waals surface area (Å²) in [5.41, 5.74) is 1.37. The highest BCUT2D eigenvalue weighted by Crippen LogP contribution is 2.19. The molecule has 0 atom stereocenters. The number of urea groups is 1. The van der Waals surface area contributed by atoms with E-state index in [4.69, 9.17) is 0 Å². The fourth-order valence-corrected chi connectivity index (χ4v) is 2.40. The number of rotatable bonds is 2. The number of aromatic nitrogens is 3. The number of hydrogen-bond acceptors (Lipinski definition) is 4. The number of carbonyl (C=O) groups is 2. The Labute approximate surface area is 127 Å². The number of hydrogen-bond donors (Lipinski definition) is 2. The summed E-state index contributed by atoms with van der Waals surface area (Å²) in [5.74, 6) is -0.145. The molecular formula is C14H18N6O2. The molecule has 1 aliphatic rings. The second kappa shape index (κ2) is 5.63. The number of fused-ring (bicyclic) bond motifs is 1. The Morgan fingerprint density at radius 1 is 1.41 bits per heavy atom. The molecule has 3 rings (SSSR count). The minimum Gasteiger partial charge on any atom is -0.353 e. The third-order valence-corrected chi connectivity index (χ3v) is 3.50. The molecule has 22 heavy (non-hydrogen) atoms. The summed E-state index contributed by atoms with van der Waals surface area (Å²) in [5, 5.41) is 10.6. The Morgan fingerprint density at radius 2 is 2.23 bits per heavy atom. The van der Waals surface area contributed by atoms with Crippen LogP contribution in [0.15, 0.2) is 18.5 Å². The zero-order chi connectivity index (χ0) is 15.7. The number of piperazine rings is 1. The first-order valence-corrected chi connectivity index (χ1v) is 7.20. The summed E-state index contributed by atoms with van der Waals surface area (Å²) in [6, 6.07) is 1.75. The van der Waals surface area contributed by atoms with Crippen LogP contribution in [0.25, 0.3) is 11.0 Å². The number of nitrogens with zero attached hydrogens (tertiary/aromatic N) is 4. The molecule has 0 unspecified atom stereocenters. The lowest BCUT2D eigenvalue weighted by molar-refractivity contribution is -0.123. The zero-order valence-corrected chi connectivity index (χ0v) is 12.5. The van der Waals surface area contributed by atoms with Crippen LogP contribution in [0.4, 0.5) is 10.5 Å². The van der Waals surface area contributed by atoms with E-state index in [1.807, 2.05) is 24.6 Å². The van der Waals surface area contributed by atoms with Crippen molar-refractivity contribution in [3.8, 4) is 0 Å². The molecule has 8 heteroatoms. The normalized spacial score (nSPS) is 15.2. The summed E-state index contributed by atoms with van der Waals surface area (Å²) in [6.07, 6.45) is 3.33. The maximum absolute atomic E-state index is 12.1. The first-order valence-electron chi connectivity index (χ1n) is 7.20. The summed E-state index contributed by atoms with van der Waals surface area (Å²) in [4.78, 5) is 29.3. The molecule has 0 radical (unpaired) electrons. The van der Waals surface area contributed by atoms with Crippen LogP contribution in [0.3, 0.4) is 0 Å².